The van der Waals surface area contributed by atoms with Gasteiger partial charge in [0.05, 0.1) is 10.5 Å². The molecule has 224 valence electrons. The lowest BCUT2D eigenvalue weighted by atomic mass is 10.1. The summed E-state index contributed by atoms with van der Waals surface area (Å²) in [5, 5.41) is 0. The van der Waals surface area contributed by atoms with Crippen LogP contribution in [0.3, 0.4) is 0 Å². The van der Waals surface area contributed by atoms with Crippen LogP contribution in [-0.4, -0.2) is 86.6 Å². The van der Waals surface area contributed by atoms with Gasteiger partial charge in [0.1, 0.15) is 5.56 Å². The van der Waals surface area contributed by atoms with Gasteiger partial charge < -0.3 is 14.7 Å². The normalized spacial score (nSPS) is 17.4. The lowest BCUT2D eigenvalue weighted by molar-refractivity contribution is -0.737. The fourth-order valence-corrected chi connectivity index (χ4v) is 5.13. The van der Waals surface area contributed by atoms with Crippen molar-refractivity contribution in [3.8, 4) is 0 Å². The first-order valence-electron chi connectivity index (χ1n) is 13.3. The summed E-state index contributed by atoms with van der Waals surface area (Å²) in [6, 6.07) is 8.56. The molecule has 0 bridgehead atoms. The molecule has 14 heteroatoms. The highest BCUT2D eigenvalue weighted by atomic mass is 19.4. The van der Waals surface area contributed by atoms with Gasteiger partial charge in [-0.05, 0) is 42.8 Å². The van der Waals surface area contributed by atoms with E-state index in [1.165, 1.54) is 18.2 Å². The maximum absolute atomic E-state index is 13.6. The van der Waals surface area contributed by atoms with Gasteiger partial charge in [0.25, 0.3) is 4.92 Å². The number of anilines is 2. The second-order valence-electron chi connectivity index (χ2n) is 9.98. The maximum Gasteiger partial charge on any atom is 0.423 e. The second kappa shape index (κ2) is 12.5. The van der Waals surface area contributed by atoms with Crippen molar-refractivity contribution < 1.29 is 40.9 Å². The van der Waals surface area contributed by atoms with Gasteiger partial charge in [-0.1, -0.05) is 0 Å². The number of hydrogen-bond acceptors (Lipinski definition) is 6. The molecule has 1 amide bonds. The summed E-state index contributed by atoms with van der Waals surface area (Å²) in [6.45, 7) is 4.79. The zero-order valence-electron chi connectivity index (χ0n) is 22.5. The number of piperazine rings is 1. The zero-order chi connectivity index (χ0) is 29.8. The van der Waals surface area contributed by atoms with E-state index in [1.54, 1.807) is 9.80 Å². The van der Waals surface area contributed by atoms with Crippen molar-refractivity contribution in [2.45, 2.75) is 25.2 Å². The third kappa shape index (κ3) is 7.60. The van der Waals surface area contributed by atoms with E-state index in [4.69, 9.17) is 0 Å². The molecule has 0 aromatic heterocycles. The minimum Gasteiger partial charge on any atom is -0.370 e. The molecular formula is C27H32F6N5O3+. The molecule has 0 atom stereocenters. The lowest BCUT2D eigenvalue weighted by Crippen LogP contribution is -2.47. The van der Waals surface area contributed by atoms with E-state index < -0.39 is 29.2 Å². The van der Waals surface area contributed by atoms with E-state index in [1.807, 2.05) is 4.90 Å². The number of halogens is 6. The topological polar surface area (TPSA) is 59.3 Å². The Morgan fingerprint density at radius 3 is 2.02 bits per heavy atom. The molecule has 0 aliphatic carbocycles. The third-order valence-corrected chi connectivity index (χ3v) is 7.44. The van der Waals surface area contributed by atoms with Gasteiger partial charge >= 0.3 is 18.0 Å². The lowest BCUT2D eigenvalue weighted by Gasteiger charge is -2.36. The number of hydrogen-bond donors (Lipinski definition) is 0. The van der Waals surface area contributed by atoms with Gasteiger partial charge in [0, 0.05) is 82.8 Å². The van der Waals surface area contributed by atoms with Crippen LogP contribution in [0.1, 0.15) is 24.0 Å². The molecule has 0 unspecified atom stereocenters. The number of amides is 1. The Hall–Kier alpha value is -3.55. The average Bonchev–Trinajstić information content (AvgIpc) is 3.21. The van der Waals surface area contributed by atoms with E-state index in [9.17, 15) is 36.0 Å². The first-order chi connectivity index (χ1) is 19.4. The zero-order valence-corrected chi connectivity index (χ0v) is 22.5. The summed E-state index contributed by atoms with van der Waals surface area (Å²) < 4.78 is 79.3. The second-order valence-corrected chi connectivity index (χ2v) is 9.98. The molecule has 0 N–H and O–H groups in total. The van der Waals surface area contributed by atoms with Crippen LogP contribution in [0, 0.1) is 4.91 Å². The predicted octanol–water partition coefficient (Wildman–Crippen LogP) is 4.95. The summed E-state index contributed by atoms with van der Waals surface area (Å²) in [7, 11) is 0.991. The largest absolute Gasteiger partial charge is 0.423 e. The van der Waals surface area contributed by atoms with Crippen molar-refractivity contribution in [2.24, 2.45) is 0 Å². The first-order valence-corrected chi connectivity index (χ1v) is 13.3. The van der Waals surface area contributed by atoms with E-state index in [2.05, 4.69) is 9.74 Å². The summed E-state index contributed by atoms with van der Waals surface area (Å²) >= 11 is 0. The van der Waals surface area contributed by atoms with E-state index in [0.29, 0.717) is 77.4 Å². The molecule has 2 aromatic carbocycles. The molecule has 0 saturated carbocycles. The molecule has 2 heterocycles. The minimum atomic E-state index is -4.75. The molecule has 41 heavy (non-hydrogen) atoms. The van der Waals surface area contributed by atoms with Crippen LogP contribution in [0.5, 0.6) is 0 Å². The number of benzene rings is 2. The summed E-state index contributed by atoms with van der Waals surface area (Å²) in [5.74, 6) is -0.0366. The van der Waals surface area contributed by atoms with Crippen LogP contribution < -0.4 is 9.80 Å². The van der Waals surface area contributed by atoms with Gasteiger partial charge in [-0.25, -0.2) is 4.84 Å². The van der Waals surface area contributed by atoms with E-state index in [0.717, 1.165) is 37.1 Å². The molecule has 8 nitrogen and oxygen atoms in total. The quantitative estimate of drug-likeness (QED) is 0.337. The van der Waals surface area contributed by atoms with Crippen LogP contribution in [-0.2, 0) is 22.0 Å². The number of carbonyl (C=O) groups excluding carboxylic acids is 1. The number of rotatable bonds is 7. The van der Waals surface area contributed by atoms with Crippen LogP contribution in [0.25, 0.3) is 0 Å². The highest BCUT2D eigenvalue weighted by molar-refractivity contribution is 5.76. The maximum atomic E-state index is 13.6. The molecule has 2 aromatic rings. The molecule has 0 spiro atoms. The van der Waals surface area contributed by atoms with Gasteiger partial charge in [0.2, 0.25) is 5.91 Å². The number of carbonyl (C=O) groups is 1. The number of alkyl halides is 6. The highest BCUT2D eigenvalue weighted by Gasteiger charge is 2.41. The van der Waals surface area contributed by atoms with Crippen LogP contribution in [0.15, 0.2) is 42.5 Å². The Morgan fingerprint density at radius 1 is 0.805 bits per heavy atom. The van der Waals surface area contributed by atoms with Crippen molar-refractivity contribution >= 4 is 23.0 Å². The fraction of sp³-hybridized carbons (Fsp3) is 0.519. The summed E-state index contributed by atoms with van der Waals surface area (Å²) in [6.07, 6.45) is -8.25. The fourth-order valence-electron chi connectivity index (χ4n) is 5.13. The molecule has 2 aliphatic heterocycles. The number of nitrogens with zero attached hydrogens (tertiary/aromatic N) is 5. The standard InChI is InChI=1S/C27H32F6N5O3/c1-41-38(40)24-8-7-22(19-23(24)27(31,32)33)35-10-2-11-37(18-17-35)25(39)9-12-34-13-15-36(16-14-34)21-5-3-20(4-6-21)26(28,29)30/h3-8,19H,2,9-18H2,1H3/q+1. The van der Waals surface area contributed by atoms with Crippen LogP contribution >= 0.6 is 0 Å². The summed E-state index contributed by atoms with van der Waals surface area (Å²) in [4.78, 5) is 36.6. The van der Waals surface area contributed by atoms with Gasteiger partial charge in [-0.3, -0.25) is 9.69 Å². The molecule has 2 fully saturated rings. The minimum absolute atomic E-state index is 0.0366. The Balaban J connectivity index is 1.26. The third-order valence-electron chi connectivity index (χ3n) is 7.44. The molecule has 2 aliphatic rings. The van der Waals surface area contributed by atoms with E-state index in [-0.39, 0.29) is 10.8 Å². The van der Waals surface area contributed by atoms with Crippen molar-refractivity contribution in [1.82, 2.24) is 9.80 Å². The monoisotopic (exact) mass is 588 g/mol. The van der Waals surface area contributed by atoms with Gasteiger partial charge in [0.15, 0.2) is 7.11 Å². The Labute approximate surface area is 233 Å². The van der Waals surface area contributed by atoms with Crippen molar-refractivity contribution in [2.75, 3.05) is 75.8 Å². The average molecular weight is 589 g/mol. The first kappa shape index (κ1) is 30.4. The van der Waals surface area contributed by atoms with Crippen LogP contribution in [0.2, 0.25) is 0 Å². The Morgan fingerprint density at radius 2 is 1.41 bits per heavy atom. The SMILES string of the molecule is CO[N+](=O)c1ccc(N2CCCN(C(=O)CCN3CCN(c4ccc(C(F)(F)F)cc4)CC3)CC2)cc1C(F)(F)F. The molecule has 4 rings (SSSR count). The van der Waals surface area contributed by atoms with Crippen molar-refractivity contribution in [3.63, 3.8) is 0 Å². The summed E-state index contributed by atoms with van der Waals surface area (Å²) in [5.41, 5.74) is -1.37. The highest BCUT2D eigenvalue weighted by Crippen LogP contribution is 2.38. The smallest absolute Gasteiger partial charge is 0.370 e. The molecule has 2 saturated heterocycles. The Kier molecular flexibility index (Phi) is 9.30. The predicted molar refractivity (Wildman–Crippen MR) is 140 cm³/mol. The van der Waals surface area contributed by atoms with Gasteiger partial charge in [-0.15, -0.1) is 0 Å². The van der Waals surface area contributed by atoms with Crippen molar-refractivity contribution in [3.05, 3.63) is 58.5 Å². The van der Waals surface area contributed by atoms with Gasteiger partial charge in [-0.2, -0.15) is 26.3 Å². The Bertz CT molecular complexity index is 1210. The molecule has 0 radical (unpaired) electrons. The van der Waals surface area contributed by atoms with Crippen LogP contribution in [0.4, 0.5) is 43.4 Å². The van der Waals surface area contributed by atoms with Crippen molar-refractivity contribution in [1.29, 1.82) is 0 Å². The molecular weight excluding hydrogens is 556 g/mol. The van der Waals surface area contributed by atoms with E-state index >= 15 is 0 Å².